The molecule has 0 aromatic carbocycles. The van der Waals surface area contributed by atoms with Crippen molar-refractivity contribution in [3.05, 3.63) is 0 Å². The van der Waals surface area contributed by atoms with Crippen molar-refractivity contribution in [3.63, 3.8) is 0 Å². The van der Waals surface area contributed by atoms with Gasteiger partial charge in [0.15, 0.2) is 0 Å². The molecule has 0 N–H and O–H groups in total. The van der Waals surface area contributed by atoms with Gasteiger partial charge in [0.2, 0.25) is 21.0 Å². The lowest BCUT2D eigenvalue weighted by Gasteiger charge is -2.33. The van der Waals surface area contributed by atoms with Gasteiger partial charge < -0.3 is 16.5 Å². The largest absolute Gasteiger partial charge is 0.437 e. The van der Waals surface area contributed by atoms with Gasteiger partial charge in [-0.2, -0.15) is 0 Å². The van der Waals surface area contributed by atoms with Gasteiger partial charge in [-0.15, -0.1) is 0 Å². The monoisotopic (exact) mass is 292 g/mol. The van der Waals surface area contributed by atoms with Crippen LogP contribution in [0.2, 0.25) is 25.7 Å². The van der Waals surface area contributed by atoms with E-state index in [4.69, 9.17) is 16.5 Å². The highest BCUT2D eigenvalue weighted by Crippen LogP contribution is 2.20. The molecule has 0 aliphatic carbocycles. The van der Waals surface area contributed by atoms with Crippen LogP contribution in [0.4, 0.5) is 0 Å². The third-order valence-corrected chi connectivity index (χ3v) is 11.2. The zero-order valence-electron chi connectivity index (χ0n) is 9.55. The Morgan fingerprint density at radius 2 is 1.80 bits per heavy atom. The second-order valence-electron chi connectivity index (χ2n) is 3.78. The first-order chi connectivity index (χ1) is 6.89. The summed E-state index contributed by atoms with van der Waals surface area (Å²) in [4.78, 5) is 0. The van der Waals surface area contributed by atoms with Crippen LogP contribution in [0.15, 0.2) is 0 Å². The van der Waals surface area contributed by atoms with Crippen LogP contribution >= 0.6 is 0 Å². The Labute approximate surface area is 104 Å². The van der Waals surface area contributed by atoms with E-state index in [0.717, 1.165) is 12.5 Å². The van der Waals surface area contributed by atoms with Gasteiger partial charge in [-0.05, 0) is 25.7 Å². The van der Waals surface area contributed by atoms with Gasteiger partial charge in [-0.3, -0.25) is 0 Å². The Morgan fingerprint density at radius 1 is 1.20 bits per heavy atom. The van der Waals surface area contributed by atoms with Gasteiger partial charge in [0.25, 0.3) is 0 Å². The minimum atomic E-state index is -2.16. The summed E-state index contributed by atoms with van der Waals surface area (Å²) in [6.45, 7) is 8.10. The van der Waals surface area contributed by atoms with Gasteiger partial charge in [0.1, 0.15) is 0 Å². The predicted octanol–water partition coefficient (Wildman–Crippen LogP) is 0.938. The van der Waals surface area contributed by atoms with E-state index in [1.54, 1.807) is 0 Å². The minimum absolute atomic E-state index is 0.0432. The predicted molar refractivity (Wildman–Crippen MR) is 65.8 cm³/mol. The van der Waals surface area contributed by atoms with E-state index in [2.05, 4.69) is 27.9 Å². The molecule has 9 heteroatoms. The molecule has 0 saturated heterocycles. The summed E-state index contributed by atoms with van der Waals surface area (Å²) in [6.07, 6.45) is 1.04. The number of hydrogen-bond acceptors (Lipinski definition) is 4. The molecule has 0 aliphatic rings. The van der Waals surface area contributed by atoms with Gasteiger partial charge >= 0.3 is 27.1 Å². The molecule has 0 fully saturated rings. The van der Waals surface area contributed by atoms with Crippen molar-refractivity contribution in [2.24, 2.45) is 0 Å². The first kappa shape index (κ1) is 15.9. The maximum Gasteiger partial charge on any atom is 0.411 e. The molecule has 0 saturated carbocycles. The summed E-state index contributed by atoms with van der Waals surface area (Å²) < 4.78 is 21.6. The molecule has 0 bridgehead atoms. The Balaban J connectivity index is 4.25. The van der Waals surface area contributed by atoms with E-state index in [9.17, 15) is 0 Å². The van der Waals surface area contributed by atoms with Crippen LogP contribution in [0.5, 0.6) is 0 Å². The molecule has 0 amide bonds. The van der Waals surface area contributed by atoms with Crippen LogP contribution in [0.3, 0.4) is 0 Å². The average Bonchev–Trinajstić information content (AvgIpc) is 2.14. The van der Waals surface area contributed by atoms with Crippen LogP contribution < -0.4 is 0 Å². The van der Waals surface area contributed by atoms with Crippen molar-refractivity contribution in [2.45, 2.75) is 39.0 Å². The smallest absolute Gasteiger partial charge is 0.411 e. The van der Waals surface area contributed by atoms with E-state index < -0.39 is 17.1 Å². The molecule has 84 valence electrons. The van der Waals surface area contributed by atoms with Crippen LogP contribution in [-0.2, 0) is 16.5 Å². The standard InChI is InChI=1S/C6H16O4Si5/c1-5-6-15(4,8-12)10-14(2,3)9-13-7-11/h5-6H2,1-4H3. The van der Waals surface area contributed by atoms with Crippen LogP contribution in [0.25, 0.3) is 0 Å². The van der Waals surface area contributed by atoms with Crippen LogP contribution in [0.1, 0.15) is 13.3 Å². The Hall–Kier alpha value is 0.924. The molecule has 4 nitrogen and oxygen atoms in total. The van der Waals surface area contributed by atoms with Crippen molar-refractivity contribution in [1.82, 2.24) is 0 Å². The maximum atomic E-state index is 6.01. The molecule has 0 aromatic rings. The summed E-state index contributed by atoms with van der Waals surface area (Å²) in [6, 6.07) is 0.939. The van der Waals surface area contributed by atoms with Gasteiger partial charge in [0, 0.05) is 0 Å². The molecule has 0 rings (SSSR count). The van der Waals surface area contributed by atoms with E-state index >= 15 is 0 Å². The highest BCUT2D eigenvalue weighted by molar-refractivity contribution is 6.82. The topological polar surface area (TPSA) is 36.9 Å². The Kier molecular flexibility index (Phi) is 7.74. The van der Waals surface area contributed by atoms with Crippen molar-refractivity contribution in [1.29, 1.82) is 0 Å². The van der Waals surface area contributed by atoms with Crippen molar-refractivity contribution >= 4 is 48.1 Å². The number of hydrogen-bond donors (Lipinski definition) is 0. The number of rotatable bonds is 8. The summed E-state index contributed by atoms with van der Waals surface area (Å²) in [5, 5.41) is 0. The fourth-order valence-electron chi connectivity index (χ4n) is 1.24. The molecule has 0 heterocycles. The average molecular weight is 293 g/mol. The fraction of sp³-hybridized carbons (Fsp3) is 1.00. The lowest BCUT2D eigenvalue weighted by Crippen LogP contribution is -2.50. The summed E-state index contributed by atoms with van der Waals surface area (Å²) in [7, 11) is 1.68. The first-order valence-corrected chi connectivity index (χ1v) is 11.7. The lowest BCUT2D eigenvalue weighted by atomic mass is 10.6. The zero-order valence-corrected chi connectivity index (χ0v) is 14.5. The van der Waals surface area contributed by atoms with Gasteiger partial charge in [0.05, 0.1) is 0 Å². The highest BCUT2D eigenvalue weighted by Gasteiger charge is 2.38. The second-order valence-corrected chi connectivity index (χ2v) is 12.8. The first-order valence-electron chi connectivity index (χ1n) is 4.69. The van der Waals surface area contributed by atoms with Gasteiger partial charge in [-0.25, -0.2) is 0 Å². The third-order valence-electron chi connectivity index (χ3n) is 1.71. The van der Waals surface area contributed by atoms with Crippen molar-refractivity contribution in [2.75, 3.05) is 0 Å². The summed E-state index contributed by atoms with van der Waals surface area (Å²) in [5.74, 6) is 0. The summed E-state index contributed by atoms with van der Waals surface area (Å²) in [5.41, 5.74) is 0. The molecular weight excluding hydrogens is 276 g/mol. The molecule has 0 aromatic heterocycles. The van der Waals surface area contributed by atoms with Crippen LogP contribution in [0, 0.1) is 0 Å². The quantitative estimate of drug-likeness (QED) is 0.624. The third kappa shape index (κ3) is 6.96. The van der Waals surface area contributed by atoms with Crippen molar-refractivity contribution < 1.29 is 16.5 Å². The molecule has 0 spiro atoms. The normalized spacial score (nSPS) is 16.4. The van der Waals surface area contributed by atoms with E-state index in [1.165, 1.54) is 0 Å². The van der Waals surface area contributed by atoms with Crippen molar-refractivity contribution in [3.8, 4) is 0 Å². The van der Waals surface area contributed by atoms with E-state index in [0.29, 0.717) is 0 Å². The van der Waals surface area contributed by atoms with Gasteiger partial charge in [-0.1, -0.05) is 13.3 Å². The molecule has 8 radical (unpaired) electrons. The van der Waals surface area contributed by atoms with E-state index in [1.807, 2.05) is 19.6 Å². The molecule has 1 unspecified atom stereocenters. The Morgan fingerprint density at radius 3 is 2.20 bits per heavy atom. The van der Waals surface area contributed by atoms with E-state index in [-0.39, 0.29) is 10.0 Å². The molecule has 15 heavy (non-hydrogen) atoms. The fourth-order valence-corrected chi connectivity index (χ4v) is 9.55. The SMILES string of the molecule is CCC[Si](C)(O[Si])O[Si](C)(C)O[Si]O[Si]. The molecule has 1 atom stereocenters. The highest BCUT2D eigenvalue weighted by atomic mass is 28.5. The lowest BCUT2D eigenvalue weighted by molar-refractivity contribution is 0.326. The zero-order chi connectivity index (χ0) is 11.9. The maximum absolute atomic E-state index is 6.01. The van der Waals surface area contributed by atoms with Crippen LogP contribution in [-0.4, -0.2) is 48.1 Å². The molecule has 0 aliphatic heterocycles. The second kappa shape index (κ2) is 7.29. The minimum Gasteiger partial charge on any atom is -0.437 e. The molecular formula is C6H16O4Si5. The summed E-state index contributed by atoms with van der Waals surface area (Å²) >= 11 is 0. The Bertz CT molecular complexity index is 181.